The summed E-state index contributed by atoms with van der Waals surface area (Å²) in [5.41, 5.74) is 7.45. The van der Waals surface area contributed by atoms with Gasteiger partial charge in [-0.15, -0.1) is 0 Å². The Kier molecular flexibility index (Phi) is 4.12. The van der Waals surface area contributed by atoms with Gasteiger partial charge in [0, 0.05) is 17.7 Å². The number of aromatic nitrogens is 2. The number of hydrogen-bond acceptors (Lipinski definition) is 3. The van der Waals surface area contributed by atoms with E-state index in [-0.39, 0.29) is 5.92 Å². The van der Waals surface area contributed by atoms with Crippen LogP contribution in [-0.2, 0) is 0 Å². The molecule has 0 saturated carbocycles. The summed E-state index contributed by atoms with van der Waals surface area (Å²) in [5.74, 6) is 0.0819. The number of aliphatic hydroxyl groups excluding tert-OH is 1. The van der Waals surface area contributed by atoms with Crippen LogP contribution < -0.4 is 5.73 Å². The van der Waals surface area contributed by atoms with Gasteiger partial charge in [0.1, 0.15) is 0 Å². The van der Waals surface area contributed by atoms with Gasteiger partial charge in [0.05, 0.1) is 18.0 Å². The van der Waals surface area contributed by atoms with Crippen LogP contribution in [0.2, 0.25) is 0 Å². The van der Waals surface area contributed by atoms with Gasteiger partial charge in [-0.05, 0) is 25.1 Å². The quantitative estimate of drug-likeness (QED) is 0.845. The third kappa shape index (κ3) is 2.60. The molecule has 0 aliphatic carbocycles. The lowest BCUT2D eigenvalue weighted by Crippen LogP contribution is -2.20. The van der Waals surface area contributed by atoms with Crippen molar-refractivity contribution in [3.05, 3.63) is 48.3 Å². The van der Waals surface area contributed by atoms with Crippen LogP contribution in [0.3, 0.4) is 0 Å². The van der Waals surface area contributed by atoms with Crippen LogP contribution in [-0.4, -0.2) is 21.4 Å². The third-order valence-corrected chi connectivity index (χ3v) is 3.24. The number of nitrogens with zero attached hydrogens (tertiary/aromatic N) is 2. The Morgan fingerprint density at radius 2 is 2.06 bits per heavy atom. The van der Waals surface area contributed by atoms with E-state index in [2.05, 4.69) is 5.10 Å². The Morgan fingerprint density at radius 1 is 1.33 bits per heavy atom. The van der Waals surface area contributed by atoms with Gasteiger partial charge in [-0.1, -0.05) is 25.1 Å². The van der Waals surface area contributed by atoms with Crippen LogP contribution in [0.1, 0.15) is 25.0 Å². The lowest BCUT2D eigenvalue weighted by Gasteiger charge is -2.18. The number of rotatable bonds is 5. The van der Waals surface area contributed by atoms with Gasteiger partial charge in [0.2, 0.25) is 0 Å². The van der Waals surface area contributed by atoms with E-state index in [1.54, 1.807) is 10.9 Å². The molecule has 2 aromatic rings. The maximum absolute atomic E-state index is 10.2. The number of para-hydroxylation sites is 1. The summed E-state index contributed by atoms with van der Waals surface area (Å²) in [5, 5.41) is 14.5. The number of nitrogens with two attached hydrogens (primary N) is 1. The van der Waals surface area contributed by atoms with Crippen molar-refractivity contribution in [2.45, 2.75) is 19.4 Å². The lowest BCUT2D eigenvalue weighted by atomic mass is 9.96. The van der Waals surface area contributed by atoms with Gasteiger partial charge >= 0.3 is 0 Å². The highest BCUT2D eigenvalue weighted by molar-refractivity contribution is 5.31. The second-order valence-corrected chi connectivity index (χ2v) is 4.40. The number of aliphatic hydroxyl groups is 1. The van der Waals surface area contributed by atoms with Crippen LogP contribution >= 0.6 is 0 Å². The molecule has 3 N–H and O–H groups in total. The molecular formula is C14H19N3O. The first kappa shape index (κ1) is 12.8. The zero-order chi connectivity index (χ0) is 13.0. The molecule has 96 valence electrons. The van der Waals surface area contributed by atoms with Crippen LogP contribution in [0.4, 0.5) is 0 Å². The van der Waals surface area contributed by atoms with Gasteiger partial charge < -0.3 is 10.8 Å². The minimum Gasteiger partial charge on any atom is -0.388 e. The molecule has 1 aromatic heterocycles. The highest BCUT2D eigenvalue weighted by Crippen LogP contribution is 2.24. The molecule has 2 rings (SSSR count). The monoisotopic (exact) mass is 245 g/mol. The van der Waals surface area contributed by atoms with Crippen molar-refractivity contribution < 1.29 is 5.11 Å². The van der Waals surface area contributed by atoms with Crippen molar-refractivity contribution in [1.82, 2.24) is 9.78 Å². The van der Waals surface area contributed by atoms with Crippen molar-refractivity contribution in [2.75, 3.05) is 6.54 Å². The molecule has 0 amide bonds. The second-order valence-electron chi connectivity index (χ2n) is 4.40. The molecule has 0 spiro atoms. The average Bonchev–Trinajstić information content (AvgIpc) is 2.90. The minimum absolute atomic E-state index is 0.0819. The Balaban J connectivity index is 2.20. The molecule has 4 nitrogen and oxygen atoms in total. The van der Waals surface area contributed by atoms with Gasteiger partial charge in [0.25, 0.3) is 0 Å². The first-order chi connectivity index (χ1) is 8.76. The minimum atomic E-state index is -0.544. The average molecular weight is 245 g/mol. The van der Waals surface area contributed by atoms with E-state index < -0.39 is 6.10 Å². The van der Waals surface area contributed by atoms with E-state index >= 15 is 0 Å². The van der Waals surface area contributed by atoms with Crippen LogP contribution in [0.15, 0.2) is 42.7 Å². The molecule has 0 bridgehead atoms. The van der Waals surface area contributed by atoms with E-state index in [9.17, 15) is 5.11 Å². The molecule has 0 aliphatic heterocycles. The molecule has 2 unspecified atom stereocenters. The molecule has 1 aromatic carbocycles. The Hall–Kier alpha value is -1.65. The maximum Gasteiger partial charge on any atom is 0.0860 e. The van der Waals surface area contributed by atoms with Crippen LogP contribution in [0.5, 0.6) is 0 Å². The maximum atomic E-state index is 10.2. The predicted octanol–water partition coefficient (Wildman–Crippen LogP) is 1.89. The standard InChI is InChI=1S/C14H19N3O/c1-2-11(8-15)14(18)12-9-16-17(10-12)13-6-4-3-5-7-13/h3-7,9-11,14,18H,2,8,15H2,1H3. The fourth-order valence-corrected chi connectivity index (χ4v) is 2.00. The van der Waals surface area contributed by atoms with Gasteiger partial charge in [0.15, 0.2) is 0 Å². The summed E-state index contributed by atoms with van der Waals surface area (Å²) >= 11 is 0. The van der Waals surface area contributed by atoms with Crippen LogP contribution in [0.25, 0.3) is 5.69 Å². The molecule has 0 radical (unpaired) electrons. The fourth-order valence-electron chi connectivity index (χ4n) is 2.00. The molecular weight excluding hydrogens is 226 g/mol. The summed E-state index contributed by atoms with van der Waals surface area (Å²) in [6.07, 6.45) is 3.88. The predicted molar refractivity (Wildman–Crippen MR) is 71.4 cm³/mol. The van der Waals surface area contributed by atoms with E-state index in [4.69, 9.17) is 5.73 Å². The molecule has 1 heterocycles. The molecule has 0 fully saturated rings. The molecule has 18 heavy (non-hydrogen) atoms. The molecule has 0 saturated heterocycles. The SMILES string of the molecule is CCC(CN)C(O)c1cnn(-c2ccccc2)c1. The largest absolute Gasteiger partial charge is 0.388 e. The Bertz CT molecular complexity index is 477. The van der Waals surface area contributed by atoms with E-state index in [0.29, 0.717) is 6.54 Å². The Labute approximate surface area is 107 Å². The molecule has 0 aliphatic rings. The van der Waals surface area contributed by atoms with Crippen molar-refractivity contribution in [1.29, 1.82) is 0 Å². The topological polar surface area (TPSA) is 64.1 Å². The van der Waals surface area contributed by atoms with Crippen molar-refractivity contribution in [2.24, 2.45) is 11.7 Å². The summed E-state index contributed by atoms with van der Waals surface area (Å²) in [6, 6.07) is 9.83. The zero-order valence-corrected chi connectivity index (χ0v) is 10.5. The van der Waals surface area contributed by atoms with E-state index in [0.717, 1.165) is 17.7 Å². The van der Waals surface area contributed by atoms with E-state index in [1.807, 2.05) is 43.5 Å². The highest BCUT2D eigenvalue weighted by atomic mass is 16.3. The third-order valence-electron chi connectivity index (χ3n) is 3.24. The second kappa shape index (κ2) is 5.80. The van der Waals surface area contributed by atoms with Crippen molar-refractivity contribution in [3.63, 3.8) is 0 Å². The summed E-state index contributed by atoms with van der Waals surface area (Å²) < 4.78 is 1.77. The molecule has 2 atom stereocenters. The summed E-state index contributed by atoms with van der Waals surface area (Å²) in [4.78, 5) is 0. The van der Waals surface area contributed by atoms with Crippen molar-refractivity contribution >= 4 is 0 Å². The number of benzene rings is 1. The fraction of sp³-hybridized carbons (Fsp3) is 0.357. The highest BCUT2D eigenvalue weighted by Gasteiger charge is 2.19. The molecule has 4 heteroatoms. The lowest BCUT2D eigenvalue weighted by molar-refractivity contribution is 0.110. The zero-order valence-electron chi connectivity index (χ0n) is 10.5. The number of hydrogen-bond donors (Lipinski definition) is 2. The van der Waals surface area contributed by atoms with E-state index in [1.165, 1.54) is 0 Å². The first-order valence-electron chi connectivity index (χ1n) is 6.24. The van der Waals surface area contributed by atoms with Crippen LogP contribution in [0, 0.1) is 5.92 Å². The van der Waals surface area contributed by atoms with Gasteiger partial charge in [-0.25, -0.2) is 4.68 Å². The smallest absolute Gasteiger partial charge is 0.0860 e. The van der Waals surface area contributed by atoms with Gasteiger partial charge in [-0.2, -0.15) is 5.10 Å². The van der Waals surface area contributed by atoms with Crippen molar-refractivity contribution in [3.8, 4) is 5.69 Å². The first-order valence-corrected chi connectivity index (χ1v) is 6.24. The normalized spacial score (nSPS) is 14.4. The summed E-state index contributed by atoms with van der Waals surface area (Å²) in [6.45, 7) is 2.51. The summed E-state index contributed by atoms with van der Waals surface area (Å²) in [7, 11) is 0. The Morgan fingerprint density at radius 3 is 2.67 bits per heavy atom. The van der Waals surface area contributed by atoms with Gasteiger partial charge in [-0.3, -0.25) is 0 Å².